The summed E-state index contributed by atoms with van der Waals surface area (Å²) < 4.78 is 5.05. The maximum absolute atomic E-state index is 12.5. The van der Waals surface area contributed by atoms with Crippen LogP contribution in [0.4, 0.5) is 5.69 Å². The molecule has 2 heterocycles. The highest BCUT2D eigenvalue weighted by atomic mass is 32.2. The maximum Gasteiger partial charge on any atom is 0.247 e. The number of furan rings is 1. The lowest BCUT2D eigenvalue weighted by molar-refractivity contribution is -0.255. The molecule has 27 heavy (non-hydrogen) atoms. The van der Waals surface area contributed by atoms with Crippen LogP contribution in [0.2, 0.25) is 0 Å². The predicted octanol–water partition coefficient (Wildman–Crippen LogP) is 0.357. The lowest BCUT2D eigenvalue weighted by Crippen LogP contribution is -2.32. The summed E-state index contributed by atoms with van der Waals surface area (Å²) in [4.78, 5) is 36.5. The van der Waals surface area contributed by atoms with E-state index in [1.54, 1.807) is 12.1 Å². The molecule has 0 bridgehead atoms. The van der Waals surface area contributed by atoms with Gasteiger partial charge in [0.1, 0.15) is 11.0 Å². The number of imide groups is 1. The maximum atomic E-state index is 12.5. The van der Waals surface area contributed by atoms with Crippen molar-refractivity contribution in [2.24, 2.45) is 15.9 Å². The molecule has 9 nitrogen and oxygen atoms in total. The quantitative estimate of drug-likeness (QED) is 0.339. The minimum atomic E-state index is -1.34. The van der Waals surface area contributed by atoms with E-state index in [1.807, 2.05) is 0 Å². The summed E-state index contributed by atoms with van der Waals surface area (Å²) in [7, 11) is 0. The Morgan fingerprint density at radius 1 is 1.30 bits per heavy atom. The topological polar surface area (TPSA) is 141 Å². The van der Waals surface area contributed by atoms with Gasteiger partial charge in [-0.3, -0.25) is 9.59 Å². The second-order valence-corrected chi connectivity index (χ2v) is 6.63. The Kier molecular flexibility index (Phi) is 5.36. The van der Waals surface area contributed by atoms with Crippen molar-refractivity contribution in [1.82, 2.24) is 0 Å². The normalized spacial score (nSPS) is 17.9. The molecule has 2 amide bonds. The van der Waals surface area contributed by atoms with Gasteiger partial charge in [-0.1, -0.05) is 23.9 Å². The lowest BCUT2D eigenvalue weighted by Gasteiger charge is -2.15. The fourth-order valence-electron chi connectivity index (χ4n) is 2.39. The Balaban J connectivity index is 1.67. The number of hydrogen-bond acceptors (Lipinski definition) is 8. The van der Waals surface area contributed by atoms with Gasteiger partial charge in [-0.15, -0.1) is 5.10 Å². The van der Waals surface area contributed by atoms with Crippen molar-refractivity contribution in [2.45, 2.75) is 11.7 Å². The number of rotatable bonds is 5. The van der Waals surface area contributed by atoms with Crippen LogP contribution >= 0.6 is 11.8 Å². The van der Waals surface area contributed by atoms with Crippen LogP contribution in [-0.4, -0.2) is 34.4 Å². The van der Waals surface area contributed by atoms with Crippen molar-refractivity contribution < 1.29 is 23.9 Å². The zero-order valence-corrected chi connectivity index (χ0v) is 14.6. The average molecular weight is 385 g/mol. The molecule has 0 unspecified atom stereocenters. The van der Waals surface area contributed by atoms with Gasteiger partial charge >= 0.3 is 0 Å². The molecule has 2 aromatic rings. The summed E-state index contributed by atoms with van der Waals surface area (Å²) in [5.74, 6) is -1.71. The van der Waals surface area contributed by atoms with Crippen LogP contribution in [0.3, 0.4) is 0 Å². The Bertz CT molecular complexity index is 921. The van der Waals surface area contributed by atoms with Gasteiger partial charge in [-0.25, -0.2) is 4.90 Å². The third-order valence-corrected chi connectivity index (χ3v) is 4.59. The summed E-state index contributed by atoms with van der Waals surface area (Å²) in [6.45, 7) is 0. The number of thioether (sulfide) groups is 1. The first-order chi connectivity index (χ1) is 13.0. The predicted molar refractivity (Wildman–Crippen MR) is 97.2 cm³/mol. The van der Waals surface area contributed by atoms with Crippen LogP contribution in [0.5, 0.6) is 0 Å². The summed E-state index contributed by atoms with van der Waals surface area (Å²) in [5, 5.41) is 17.6. The van der Waals surface area contributed by atoms with E-state index in [0.717, 1.165) is 16.7 Å². The molecule has 0 saturated carbocycles. The molecule has 138 valence electrons. The van der Waals surface area contributed by atoms with Gasteiger partial charge in [0, 0.05) is 6.42 Å². The minimum absolute atomic E-state index is 0.0260. The number of benzene rings is 1. The van der Waals surface area contributed by atoms with E-state index in [9.17, 15) is 19.5 Å². The van der Waals surface area contributed by atoms with Crippen molar-refractivity contribution in [1.29, 1.82) is 0 Å². The number of amidine groups is 1. The molecule has 3 rings (SSSR count). The number of carboxylic acids is 1. The van der Waals surface area contributed by atoms with Gasteiger partial charge in [0.05, 0.1) is 24.1 Å². The Hall–Kier alpha value is -3.40. The molecule has 10 heteroatoms. The molecule has 2 N–H and O–H groups in total. The average Bonchev–Trinajstić information content (AvgIpc) is 3.24. The zero-order valence-electron chi connectivity index (χ0n) is 13.8. The van der Waals surface area contributed by atoms with Crippen molar-refractivity contribution in [3.8, 4) is 0 Å². The number of hydrogen-bond donors (Lipinski definition) is 1. The molecule has 1 aliphatic heterocycles. The standard InChI is InChI=1S/C17H14N4O5S/c18-17(20-19-9-12-2-1-7-26-12)27-13-8-14(22)21(15(13)23)11-5-3-10(4-6-11)16(24)25/h1-7,9,13H,8H2,(H2,18,20)(H,24,25)/p-1/b19-9-/t13-/m0/s1. The van der Waals surface area contributed by atoms with Crippen molar-refractivity contribution in [2.75, 3.05) is 4.90 Å². The summed E-state index contributed by atoms with van der Waals surface area (Å²) in [6.07, 6.45) is 2.80. The largest absolute Gasteiger partial charge is 0.545 e. The van der Waals surface area contributed by atoms with E-state index < -0.39 is 23.0 Å². The number of nitrogens with zero attached hydrogens (tertiary/aromatic N) is 3. The smallest absolute Gasteiger partial charge is 0.247 e. The fourth-order valence-corrected chi connectivity index (χ4v) is 3.21. The number of carbonyl (C=O) groups excluding carboxylic acids is 3. The number of anilines is 1. The molecule has 1 aliphatic rings. The van der Waals surface area contributed by atoms with Gasteiger partial charge in [0.25, 0.3) is 0 Å². The van der Waals surface area contributed by atoms with Crippen molar-refractivity contribution in [3.05, 3.63) is 54.0 Å². The van der Waals surface area contributed by atoms with Gasteiger partial charge in [0.2, 0.25) is 11.8 Å². The van der Waals surface area contributed by atoms with E-state index in [0.29, 0.717) is 5.76 Å². The fraction of sp³-hybridized carbons (Fsp3) is 0.118. The number of amides is 2. The Labute approximate surface area is 157 Å². The van der Waals surface area contributed by atoms with E-state index in [-0.39, 0.29) is 22.8 Å². The number of nitrogens with two attached hydrogens (primary N) is 1. The van der Waals surface area contributed by atoms with E-state index in [4.69, 9.17) is 10.2 Å². The van der Waals surface area contributed by atoms with E-state index in [1.165, 1.54) is 36.7 Å². The highest BCUT2D eigenvalue weighted by Gasteiger charge is 2.40. The third-order valence-electron chi connectivity index (χ3n) is 3.61. The third kappa shape index (κ3) is 4.23. The molecule has 0 aliphatic carbocycles. The molecular formula is C17H13N4O5S-. The van der Waals surface area contributed by atoms with Crippen molar-refractivity contribution in [3.63, 3.8) is 0 Å². The Morgan fingerprint density at radius 3 is 2.67 bits per heavy atom. The molecule has 0 radical (unpaired) electrons. The molecule has 1 saturated heterocycles. The number of carbonyl (C=O) groups is 3. The second kappa shape index (κ2) is 7.87. The zero-order chi connectivity index (χ0) is 19.4. The number of aromatic carboxylic acids is 1. The summed E-state index contributed by atoms with van der Waals surface area (Å²) in [5.41, 5.74) is 5.99. The lowest BCUT2D eigenvalue weighted by atomic mass is 10.2. The highest BCUT2D eigenvalue weighted by Crippen LogP contribution is 2.29. The van der Waals surface area contributed by atoms with Crippen LogP contribution < -0.4 is 15.7 Å². The van der Waals surface area contributed by atoms with Gasteiger partial charge in [-0.2, -0.15) is 5.10 Å². The summed E-state index contributed by atoms with van der Waals surface area (Å²) >= 11 is 0.930. The SMILES string of the molecule is NC(=N/N=C\c1ccco1)S[C@H]1CC(=O)N(c2ccc(C(=O)[O-])cc2)C1=O. The molecule has 1 fully saturated rings. The summed E-state index contributed by atoms with van der Waals surface area (Å²) in [6, 6.07) is 8.67. The molecular weight excluding hydrogens is 372 g/mol. The second-order valence-electron chi connectivity index (χ2n) is 5.41. The molecule has 1 aromatic heterocycles. The van der Waals surface area contributed by atoms with Gasteiger partial charge in [-0.05, 0) is 29.8 Å². The highest BCUT2D eigenvalue weighted by molar-refractivity contribution is 8.14. The Morgan fingerprint density at radius 2 is 2.04 bits per heavy atom. The van der Waals surface area contributed by atoms with Gasteiger partial charge < -0.3 is 20.1 Å². The van der Waals surface area contributed by atoms with E-state index >= 15 is 0 Å². The van der Waals surface area contributed by atoms with Crippen LogP contribution in [0.1, 0.15) is 22.5 Å². The number of carboxylic acid groups (broad SMARTS) is 1. The van der Waals surface area contributed by atoms with Crippen LogP contribution in [0.15, 0.2) is 57.3 Å². The first kappa shape index (κ1) is 18.4. The minimum Gasteiger partial charge on any atom is -0.545 e. The van der Waals surface area contributed by atoms with Crippen LogP contribution in [-0.2, 0) is 9.59 Å². The van der Waals surface area contributed by atoms with Crippen LogP contribution in [0.25, 0.3) is 0 Å². The first-order valence-corrected chi connectivity index (χ1v) is 8.58. The van der Waals surface area contributed by atoms with Gasteiger partial charge in [0.15, 0.2) is 5.17 Å². The first-order valence-electron chi connectivity index (χ1n) is 7.70. The monoisotopic (exact) mass is 385 g/mol. The molecule has 0 spiro atoms. The van der Waals surface area contributed by atoms with Crippen LogP contribution in [0, 0.1) is 0 Å². The molecule has 1 atom stereocenters. The van der Waals surface area contributed by atoms with E-state index in [2.05, 4.69) is 10.2 Å². The molecule has 1 aromatic carbocycles. The van der Waals surface area contributed by atoms with Crippen molar-refractivity contribution >= 4 is 46.6 Å².